The number of aliphatic hydroxyl groups is 2. The van der Waals surface area contributed by atoms with E-state index in [-0.39, 0.29) is 24.3 Å². The Morgan fingerprint density at radius 1 is 1.24 bits per heavy atom. The molecule has 1 aromatic carbocycles. The molecule has 204 valence electrons. The summed E-state index contributed by atoms with van der Waals surface area (Å²) in [7, 11) is 0. The Balaban J connectivity index is 1.40. The second kappa shape index (κ2) is 8.51. The Bertz CT molecular complexity index is 1270. The summed E-state index contributed by atoms with van der Waals surface area (Å²) in [5, 5.41) is 23.8. The number of allylic oxidation sites excluding steroid dienone is 4. The predicted molar refractivity (Wildman–Crippen MR) is 135 cm³/mol. The minimum atomic E-state index is -2.23. The molecular weight excluding hydrogens is 516 g/mol. The van der Waals surface area contributed by atoms with E-state index in [1.54, 1.807) is 18.1 Å². The number of hydrogen-bond acceptors (Lipinski definition) is 6. The molecule has 2 N–H and O–H groups in total. The average molecular weight is 548 g/mol. The summed E-state index contributed by atoms with van der Waals surface area (Å²) in [4.78, 5) is 32.0. The lowest BCUT2D eigenvalue weighted by Crippen LogP contribution is -2.70. The summed E-state index contributed by atoms with van der Waals surface area (Å²) in [6, 6.07) is 7.31. The van der Waals surface area contributed by atoms with Crippen molar-refractivity contribution in [2.45, 2.75) is 63.2 Å². The summed E-state index contributed by atoms with van der Waals surface area (Å²) in [6.45, 7) is 3.27. The van der Waals surface area contributed by atoms with Gasteiger partial charge >= 0.3 is 0 Å². The number of hydroxylamine groups is 2. The van der Waals surface area contributed by atoms with Crippen LogP contribution in [0.5, 0.6) is 0 Å². The van der Waals surface area contributed by atoms with E-state index in [0.717, 1.165) is 5.56 Å². The molecule has 1 saturated heterocycles. The molecule has 3 saturated carbocycles. The Labute approximate surface area is 225 Å². The number of carbonyl (C=O) groups excluding carboxylic acids is 2. The summed E-state index contributed by atoms with van der Waals surface area (Å²) in [6.07, 6.45) is 0.797. The van der Waals surface area contributed by atoms with E-state index < -0.39 is 64.4 Å². The Hall–Kier alpha value is -1.97. The highest BCUT2D eigenvalue weighted by Gasteiger charge is 2.79. The van der Waals surface area contributed by atoms with Crippen LogP contribution in [0.3, 0.4) is 0 Å². The van der Waals surface area contributed by atoms with Crippen LogP contribution in [-0.4, -0.2) is 63.5 Å². The van der Waals surface area contributed by atoms with Crippen molar-refractivity contribution in [3.8, 4) is 0 Å². The van der Waals surface area contributed by atoms with Crippen molar-refractivity contribution in [1.82, 2.24) is 5.06 Å². The fraction of sp³-hybridized carbons (Fsp3) is 0.586. The topological polar surface area (TPSA) is 87.1 Å². The molecule has 0 amide bonds. The molecule has 6 rings (SSSR count). The Morgan fingerprint density at radius 3 is 2.68 bits per heavy atom. The predicted octanol–water partition coefficient (Wildman–Crippen LogP) is 3.93. The largest absolute Gasteiger partial charge is 0.390 e. The number of nitrogens with zero attached hydrogens (tertiary/aromatic N) is 1. The lowest BCUT2D eigenvalue weighted by Gasteiger charge is -2.63. The van der Waals surface area contributed by atoms with Gasteiger partial charge in [0.05, 0.1) is 12.6 Å². The van der Waals surface area contributed by atoms with Gasteiger partial charge in [0.1, 0.15) is 12.8 Å². The number of Topliss-reactive ketones (excluding diaryl/α,β-unsaturated/α-hetero) is 1. The Kier molecular flexibility index (Phi) is 5.88. The zero-order valence-electron chi connectivity index (χ0n) is 21.4. The van der Waals surface area contributed by atoms with Crippen LogP contribution >= 0.6 is 11.6 Å². The summed E-state index contributed by atoms with van der Waals surface area (Å²) < 4.78 is 33.1. The minimum absolute atomic E-state index is 0.0629. The highest BCUT2D eigenvalue weighted by atomic mass is 35.5. The molecule has 0 bridgehead atoms. The van der Waals surface area contributed by atoms with Crippen LogP contribution in [0.2, 0.25) is 5.02 Å². The highest BCUT2D eigenvalue weighted by Crippen LogP contribution is 2.72. The van der Waals surface area contributed by atoms with Gasteiger partial charge in [-0.15, -0.1) is 0 Å². The first-order valence-electron chi connectivity index (χ1n) is 13.2. The normalized spacial score (nSPS) is 45.7. The van der Waals surface area contributed by atoms with Gasteiger partial charge in [0.15, 0.2) is 22.8 Å². The van der Waals surface area contributed by atoms with Gasteiger partial charge in [-0.05, 0) is 61.5 Å². The van der Waals surface area contributed by atoms with Crippen molar-refractivity contribution in [3.63, 3.8) is 0 Å². The number of alkyl halides is 2. The monoisotopic (exact) mass is 547 g/mol. The number of ketones is 2. The Morgan fingerprint density at radius 2 is 1.97 bits per heavy atom. The molecule has 5 aliphatic rings. The zero-order valence-corrected chi connectivity index (χ0v) is 22.1. The minimum Gasteiger partial charge on any atom is -0.390 e. The molecule has 1 aromatic rings. The van der Waals surface area contributed by atoms with Crippen LogP contribution in [-0.2, 0) is 21.0 Å². The third-order valence-corrected chi connectivity index (χ3v) is 10.9. The quantitative estimate of drug-likeness (QED) is 0.594. The number of fused-ring (bicyclic) bond motifs is 7. The summed E-state index contributed by atoms with van der Waals surface area (Å²) in [5.41, 5.74) is -5.40. The summed E-state index contributed by atoms with van der Waals surface area (Å²) in [5.74, 6) is -2.70. The van der Waals surface area contributed by atoms with Crippen LogP contribution < -0.4 is 0 Å². The maximum absolute atomic E-state index is 17.4. The second-order valence-electron chi connectivity index (χ2n) is 12.1. The molecule has 9 heteroatoms. The van der Waals surface area contributed by atoms with E-state index in [1.807, 2.05) is 25.1 Å². The highest BCUT2D eigenvalue weighted by molar-refractivity contribution is 6.31. The standard InChI is InChI=1S/C29H32ClF2NO5/c1-26-8-7-18(35)10-21(26)23(31)11-20-19-9-17-14-33(13-16-5-3-4-6-22(16)30)38-29(17,25(37)15-34)27(19,2)12-24(36)28(20,26)32/h3-8,10,17,19-20,23-24,34,36H,9,11-15H2,1-2H3/t17-,19?,20-,23-,24-,26-,27-,28-,29-/m0/s1. The lowest BCUT2D eigenvalue weighted by molar-refractivity contribution is -0.269. The summed E-state index contributed by atoms with van der Waals surface area (Å²) >= 11 is 6.36. The third kappa shape index (κ3) is 3.12. The average Bonchev–Trinajstić information content (AvgIpc) is 3.35. The van der Waals surface area contributed by atoms with E-state index in [4.69, 9.17) is 16.4 Å². The molecule has 1 unspecified atom stereocenters. The lowest BCUT2D eigenvalue weighted by atomic mass is 9.44. The molecule has 38 heavy (non-hydrogen) atoms. The van der Waals surface area contributed by atoms with E-state index in [2.05, 4.69) is 0 Å². The molecule has 9 atom stereocenters. The molecule has 1 aliphatic heterocycles. The molecule has 0 aromatic heterocycles. The van der Waals surface area contributed by atoms with Crippen LogP contribution in [0.25, 0.3) is 0 Å². The first-order valence-corrected chi connectivity index (χ1v) is 13.6. The zero-order chi connectivity index (χ0) is 27.3. The molecule has 1 heterocycles. The number of rotatable bonds is 4. The van der Waals surface area contributed by atoms with Crippen molar-refractivity contribution in [1.29, 1.82) is 0 Å². The fourth-order valence-electron chi connectivity index (χ4n) is 8.85. The second-order valence-corrected chi connectivity index (χ2v) is 12.5. The number of aliphatic hydroxyl groups excluding tert-OH is 2. The molecule has 0 spiro atoms. The number of carbonyl (C=O) groups is 2. The molecule has 6 nitrogen and oxygen atoms in total. The van der Waals surface area contributed by atoms with Gasteiger partial charge in [-0.25, -0.2) is 8.78 Å². The smallest absolute Gasteiger partial charge is 0.192 e. The number of halogens is 3. The number of hydrogen-bond donors (Lipinski definition) is 2. The van der Waals surface area contributed by atoms with Crippen LogP contribution in [0.15, 0.2) is 48.1 Å². The van der Waals surface area contributed by atoms with Crippen molar-refractivity contribution in [2.75, 3.05) is 13.2 Å². The maximum atomic E-state index is 17.4. The van der Waals surface area contributed by atoms with Crippen molar-refractivity contribution >= 4 is 23.2 Å². The molecule has 4 fully saturated rings. The van der Waals surface area contributed by atoms with Crippen molar-refractivity contribution in [2.24, 2.45) is 28.6 Å². The fourth-order valence-corrected chi connectivity index (χ4v) is 9.05. The van der Waals surface area contributed by atoms with Crippen molar-refractivity contribution < 1.29 is 33.4 Å². The van der Waals surface area contributed by atoms with Crippen molar-refractivity contribution in [3.05, 3.63) is 58.7 Å². The van der Waals surface area contributed by atoms with Gasteiger partial charge in [-0.1, -0.05) is 42.8 Å². The molecular formula is C29H32ClF2NO5. The van der Waals surface area contributed by atoms with Gasteiger partial charge < -0.3 is 10.2 Å². The van der Waals surface area contributed by atoms with Crippen LogP contribution in [0.4, 0.5) is 8.78 Å². The van der Waals surface area contributed by atoms with Gasteiger partial charge in [-0.3, -0.25) is 14.4 Å². The number of benzene rings is 1. The maximum Gasteiger partial charge on any atom is 0.192 e. The SMILES string of the molecule is C[C@]12C=CC(=O)C=C1[C@@H](F)C[C@H]1C3C[C@H]4CN(Cc5ccccc5Cl)O[C@@]4(C(=O)CO)[C@@]3(C)C[C@H](O)[C@@]12F. The third-order valence-electron chi connectivity index (χ3n) is 10.5. The first-order chi connectivity index (χ1) is 17.9. The molecule has 4 aliphatic carbocycles. The van der Waals surface area contributed by atoms with E-state index in [1.165, 1.54) is 18.2 Å². The van der Waals surface area contributed by atoms with Gasteiger partial charge in [0.2, 0.25) is 0 Å². The van der Waals surface area contributed by atoms with E-state index >= 15 is 8.78 Å². The van der Waals surface area contributed by atoms with Crippen LogP contribution in [0.1, 0.15) is 38.7 Å². The first kappa shape index (κ1) is 26.3. The van der Waals surface area contributed by atoms with Gasteiger partial charge in [0.25, 0.3) is 0 Å². The van der Waals surface area contributed by atoms with E-state index in [0.29, 0.717) is 24.5 Å². The van der Waals surface area contributed by atoms with Gasteiger partial charge in [-0.2, -0.15) is 5.06 Å². The van der Waals surface area contributed by atoms with E-state index in [9.17, 15) is 19.8 Å². The molecule has 0 radical (unpaired) electrons. The van der Waals surface area contributed by atoms with Gasteiger partial charge in [0, 0.05) is 34.2 Å². The van der Waals surface area contributed by atoms with Crippen LogP contribution in [0, 0.1) is 28.6 Å².